The molecule has 2 aromatic rings. The fourth-order valence-corrected chi connectivity index (χ4v) is 2.69. The molecule has 0 aliphatic heterocycles. The number of thiocarbonyl (C=S) groups is 1. The molecule has 104 valence electrons. The van der Waals surface area contributed by atoms with Gasteiger partial charge in [-0.2, -0.15) is 0 Å². The van der Waals surface area contributed by atoms with Crippen molar-refractivity contribution in [1.29, 1.82) is 0 Å². The van der Waals surface area contributed by atoms with E-state index >= 15 is 0 Å². The van der Waals surface area contributed by atoms with E-state index in [1.165, 1.54) is 6.20 Å². The number of thiophene rings is 1. The van der Waals surface area contributed by atoms with Crippen molar-refractivity contribution in [3.63, 3.8) is 0 Å². The summed E-state index contributed by atoms with van der Waals surface area (Å²) < 4.78 is 0. The van der Waals surface area contributed by atoms with Gasteiger partial charge in [-0.25, -0.2) is 0 Å². The molecule has 0 aromatic carbocycles. The maximum atomic E-state index is 12.4. The molecular weight excluding hydrogens is 290 g/mol. The quantitative estimate of drug-likeness (QED) is 0.882. The van der Waals surface area contributed by atoms with E-state index in [0.29, 0.717) is 11.3 Å². The van der Waals surface area contributed by atoms with Crippen molar-refractivity contribution in [1.82, 2.24) is 9.88 Å². The SMILES string of the molecule is CC(c1cccs1)N(C)C(=O)c1ccc(C(N)=S)cn1. The molecule has 0 bridgehead atoms. The third kappa shape index (κ3) is 3.02. The maximum absolute atomic E-state index is 12.4. The van der Waals surface area contributed by atoms with E-state index in [1.54, 1.807) is 35.4 Å². The molecule has 0 spiro atoms. The standard InChI is InChI=1S/C14H15N3OS2/c1-9(12-4-3-7-20-12)17(2)14(18)11-6-5-10(8-16-11)13(15)19/h3-9H,1-2H3,(H2,15,19). The minimum absolute atomic E-state index is 0.0135. The van der Waals surface area contributed by atoms with Gasteiger partial charge in [0.05, 0.1) is 6.04 Å². The Bertz CT molecular complexity index is 608. The second-order valence-electron chi connectivity index (χ2n) is 4.40. The van der Waals surface area contributed by atoms with E-state index in [4.69, 9.17) is 18.0 Å². The van der Waals surface area contributed by atoms with E-state index in [2.05, 4.69) is 4.98 Å². The molecule has 0 fully saturated rings. The zero-order valence-electron chi connectivity index (χ0n) is 11.2. The number of amides is 1. The zero-order chi connectivity index (χ0) is 14.7. The van der Waals surface area contributed by atoms with Gasteiger partial charge in [-0.15, -0.1) is 11.3 Å². The largest absolute Gasteiger partial charge is 0.389 e. The number of aromatic nitrogens is 1. The van der Waals surface area contributed by atoms with Crippen molar-refractivity contribution in [2.75, 3.05) is 7.05 Å². The summed E-state index contributed by atoms with van der Waals surface area (Å²) in [6, 6.07) is 7.37. The molecule has 0 aliphatic rings. The van der Waals surface area contributed by atoms with Gasteiger partial charge >= 0.3 is 0 Å². The fourth-order valence-electron chi connectivity index (χ4n) is 1.74. The number of nitrogens with two attached hydrogens (primary N) is 1. The molecule has 0 saturated heterocycles. The van der Waals surface area contributed by atoms with Crippen LogP contribution in [0.2, 0.25) is 0 Å². The minimum Gasteiger partial charge on any atom is -0.389 e. The number of pyridine rings is 1. The van der Waals surface area contributed by atoms with Crippen molar-refractivity contribution in [2.45, 2.75) is 13.0 Å². The van der Waals surface area contributed by atoms with E-state index in [0.717, 1.165) is 4.88 Å². The first-order chi connectivity index (χ1) is 9.50. The number of carbonyl (C=O) groups excluding carboxylic acids is 1. The topological polar surface area (TPSA) is 59.2 Å². The van der Waals surface area contributed by atoms with Crippen LogP contribution in [0.3, 0.4) is 0 Å². The molecule has 20 heavy (non-hydrogen) atoms. The average Bonchev–Trinajstić information content (AvgIpc) is 2.99. The van der Waals surface area contributed by atoms with Crippen LogP contribution in [-0.4, -0.2) is 27.8 Å². The van der Waals surface area contributed by atoms with Crippen LogP contribution in [0.4, 0.5) is 0 Å². The summed E-state index contributed by atoms with van der Waals surface area (Å²) in [6.45, 7) is 1.99. The lowest BCUT2D eigenvalue weighted by atomic mass is 10.2. The molecule has 2 rings (SSSR count). The van der Waals surface area contributed by atoms with Crippen molar-refractivity contribution >= 4 is 34.5 Å². The third-order valence-corrected chi connectivity index (χ3v) is 4.40. The van der Waals surface area contributed by atoms with Crippen LogP contribution in [0.25, 0.3) is 0 Å². The summed E-state index contributed by atoms with van der Waals surface area (Å²) in [6.07, 6.45) is 1.53. The number of hydrogen-bond acceptors (Lipinski definition) is 4. The Hall–Kier alpha value is -1.79. The molecule has 0 radical (unpaired) electrons. The second-order valence-corrected chi connectivity index (χ2v) is 5.82. The Morgan fingerprint density at radius 1 is 1.45 bits per heavy atom. The Kier molecular flexibility index (Phi) is 4.46. The lowest BCUT2D eigenvalue weighted by molar-refractivity contribution is 0.0739. The fraction of sp³-hybridized carbons (Fsp3) is 0.214. The van der Waals surface area contributed by atoms with Crippen LogP contribution in [0, 0.1) is 0 Å². The maximum Gasteiger partial charge on any atom is 0.272 e. The highest BCUT2D eigenvalue weighted by Gasteiger charge is 2.20. The van der Waals surface area contributed by atoms with Gasteiger partial charge in [0.25, 0.3) is 5.91 Å². The summed E-state index contributed by atoms with van der Waals surface area (Å²) in [7, 11) is 1.77. The van der Waals surface area contributed by atoms with Crippen LogP contribution in [0.5, 0.6) is 0 Å². The highest BCUT2D eigenvalue weighted by atomic mass is 32.1. The first kappa shape index (κ1) is 14.6. The van der Waals surface area contributed by atoms with Gasteiger partial charge in [0.15, 0.2) is 0 Å². The van der Waals surface area contributed by atoms with Gasteiger partial charge in [-0.05, 0) is 30.5 Å². The van der Waals surface area contributed by atoms with Gasteiger partial charge in [0, 0.05) is 23.7 Å². The molecule has 1 unspecified atom stereocenters. The number of hydrogen-bond donors (Lipinski definition) is 1. The molecule has 6 heteroatoms. The molecule has 1 atom stereocenters. The first-order valence-corrected chi connectivity index (χ1v) is 7.36. The minimum atomic E-state index is -0.125. The van der Waals surface area contributed by atoms with E-state index in [1.807, 2.05) is 24.4 Å². The van der Waals surface area contributed by atoms with Gasteiger partial charge < -0.3 is 10.6 Å². The molecule has 2 N–H and O–H groups in total. The Balaban J connectivity index is 2.16. The average molecular weight is 305 g/mol. The van der Waals surface area contributed by atoms with Gasteiger partial charge in [-0.3, -0.25) is 9.78 Å². The van der Waals surface area contributed by atoms with Crippen molar-refractivity contribution in [3.8, 4) is 0 Å². The van der Waals surface area contributed by atoms with Crippen molar-refractivity contribution < 1.29 is 4.79 Å². The van der Waals surface area contributed by atoms with Crippen LogP contribution in [0.15, 0.2) is 35.8 Å². The van der Waals surface area contributed by atoms with Gasteiger partial charge in [0.1, 0.15) is 10.7 Å². The van der Waals surface area contributed by atoms with Crippen LogP contribution in [0.1, 0.15) is 33.9 Å². The summed E-state index contributed by atoms with van der Waals surface area (Å²) in [5.41, 5.74) is 6.55. The highest BCUT2D eigenvalue weighted by Crippen LogP contribution is 2.24. The van der Waals surface area contributed by atoms with E-state index < -0.39 is 0 Å². The Morgan fingerprint density at radius 2 is 2.20 bits per heavy atom. The normalized spacial score (nSPS) is 11.9. The predicted octanol–water partition coefficient (Wildman–Crippen LogP) is 2.61. The van der Waals surface area contributed by atoms with Crippen LogP contribution in [-0.2, 0) is 0 Å². The lowest BCUT2D eigenvalue weighted by Crippen LogP contribution is -2.30. The summed E-state index contributed by atoms with van der Waals surface area (Å²) in [4.78, 5) is 19.6. The molecular formula is C14H15N3OS2. The number of nitrogens with zero attached hydrogens (tertiary/aromatic N) is 2. The number of carbonyl (C=O) groups is 1. The Labute approximate surface area is 127 Å². The highest BCUT2D eigenvalue weighted by molar-refractivity contribution is 7.80. The molecule has 0 saturated carbocycles. The molecule has 2 heterocycles. The van der Waals surface area contributed by atoms with Crippen molar-refractivity contribution in [3.05, 3.63) is 52.0 Å². The van der Waals surface area contributed by atoms with Crippen molar-refractivity contribution in [2.24, 2.45) is 5.73 Å². The van der Waals surface area contributed by atoms with Gasteiger partial charge in [0.2, 0.25) is 0 Å². The van der Waals surface area contributed by atoms with E-state index in [-0.39, 0.29) is 16.9 Å². The van der Waals surface area contributed by atoms with Crippen LogP contribution < -0.4 is 5.73 Å². The zero-order valence-corrected chi connectivity index (χ0v) is 12.9. The third-order valence-electron chi connectivity index (χ3n) is 3.12. The lowest BCUT2D eigenvalue weighted by Gasteiger charge is -2.23. The molecule has 4 nitrogen and oxygen atoms in total. The molecule has 2 aromatic heterocycles. The predicted molar refractivity (Wildman–Crippen MR) is 85.0 cm³/mol. The Morgan fingerprint density at radius 3 is 2.70 bits per heavy atom. The second kappa shape index (κ2) is 6.11. The van der Waals surface area contributed by atoms with Gasteiger partial charge in [-0.1, -0.05) is 18.3 Å². The smallest absolute Gasteiger partial charge is 0.272 e. The number of rotatable bonds is 4. The molecule has 0 aliphatic carbocycles. The van der Waals surface area contributed by atoms with E-state index in [9.17, 15) is 4.79 Å². The monoisotopic (exact) mass is 305 g/mol. The summed E-state index contributed by atoms with van der Waals surface area (Å²) in [5.74, 6) is -0.125. The summed E-state index contributed by atoms with van der Waals surface area (Å²) >= 11 is 6.49. The van der Waals surface area contributed by atoms with Crippen LogP contribution >= 0.6 is 23.6 Å². The molecule has 1 amide bonds. The summed E-state index contributed by atoms with van der Waals surface area (Å²) in [5, 5.41) is 2.00. The first-order valence-electron chi connectivity index (χ1n) is 6.07.